The first-order chi connectivity index (χ1) is 7.93. The largest absolute Gasteiger partial charge is 0.477 e. The third-order valence-electron chi connectivity index (χ3n) is 2.98. The van der Waals surface area contributed by atoms with Gasteiger partial charge >= 0.3 is 5.97 Å². The minimum absolute atomic E-state index is 0.186. The summed E-state index contributed by atoms with van der Waals surface area (Å²) in [5, 5.41) is 10.3. The molecule has 0 saturated carbocycles. The van der Waals surface area contributed by atoms with Gasteiger partial charge < -0.3 is 9.67 Å². The fraction of sp³-hybridized carbons (Fsp3) is 0.308. The van der Waals surface area contributed by atoms with Gasteiger partial charge in [-0.15, -0.1) is 0 Å². The van der Waals surface area contributed by atoms with Crippen molar-refractivity contribution in [1.29, 1.82) is 0 Å². The van der Waals surface area contributed by atoms with Crippen LogP contribution in [0.5, 0.6) is 0 Å². The number of aromatic carboxylic acids is 1. The number of aromatic nitrogens is 1. The minimum atomic E-state index is -0.872. The Morgan fingerprint density at radius 3 is 2.59 bits per heavy atom. The van der Waals surface area contributed by atoms with E-state index in [1.807, 2.05) is 32.0 Å². The fourth-order valence-electron chi connectivity index (χ4n) is 2.28. The van der Waals surface area contributed by atoms with Crippen LogP contribution >= 0.6 is 15.9 Å². The molecule has 0 spiro atoms. The van der Waals surface area contributed by atoms with E-state index in [1.54, 1.807) is 11.6 Å². The van der Waals surface area contributed by atoms with Crippen molar-refractivity contribution >= 4 is 32.8 Å². The van der Waals surface area contributed by atoms with Crippen molar-refractivity contribution in [2.75, 3.05) is 0 Å². The van der Waals surface area contributed by atoms with E-state index in [2.05, 4.69) is 15.9 Å². The number of aryl methyl sites for hydroxylation is 1. The zero-order valence-corrected chi connectivity index (χ0v) is 11.6. The van der Waals surface area contributed by atoms with Crippen molar-refractivity contribution < 1.29 is 9.90 Å². The molecule has 0 amide bonds. The topological polar surface area (TPSA) is 42.2 Å². The standard InChI is InChI=1S/C13H14BrNO2/c1-7(2)11-9-5-4-8(14)6-10(9)15(3)12(11)13(16)17/h4-7H,1-3H3,(H,16,17). The van der Waals surface area contributed by atoms with Crippen molar-refractivity contribution in [2.45, 2.75) is 19.8 Å². The number of carboxylic acid groups (broad SMARTS) is 1. The molecule has 0 radical (unpaired) electrons. The maximum atomic E-state index is 11.4. The molecule has 4 heteroatoms. The number of nitrogens with zero attached hydrogens (tertiary/aromatic N) is 1. The SMILES string of the molecule is CC(C)c1c(C(=O)O)n(C)c2cc(Br)ccc12. The number of fused-ring (bicyclic) bond motifs is 1. The van der Waals surface area contributed by atoms with Crippen LogP contribution < -0.4 is 0 Å². The predicted octanol–water partition coefficient (Wildman–Crippen LogP) is 3.76. The lowest BCUT2D eigenvalue weighted by Crippen LogP contribution is -2.08. The zero-order chi connectivity index (χ0) is 12.7. The van der Waals surface area contributed by atoms with Crippen molar-refractivity contribution in [3.05, 3.63) is 33.9 Å². The van der Waals surface area contributed by atoms with Crippen LogP contribution in [0.3, 0.4) is 0 Å². The highest BCUT2D eigenvalue weighted by molar-refractivity contribution is 9.10. The van der Waals surface area contributed by atoms with E-state index in [1.165, 1.54) is 0 Å². The molecule has 0 aliphatic rings. The molecule has 1 aromatic carbocycles. The first-order valence-electron chi connectivity index (χ1n) is 5.44. The van der Waals surface area contributed by atoms with Crippen LogP contribution in [0.25, 0.3) is 10.9 Å². The first-order valence-corrected chi connectivity index (χ1v) is 6.24. The summed E-state index contributed by atoms with van der Waals surface area (Å²) in [4.78, 5) is 11.4. The Bertz CT molecular complexity index is 599. The molecule has 2 aromatic rings. The molecule has 0 unspecified atom stereocenters. The molecule has 0 aliphatic carbocycles. The van der Waals surface area contributed by atoms with Crippen molar-refractivity contribution in [1.82, 2.24) is 4.57 Å². The molecule has 1 N–H and O–H groups in total. The van der Waals surface area contributed by atoms with Crippen LogP contribution in [-0.4, -0.2) is 15.6 Å². The van der Waals surface area contributed by atoms with Gasteiger partial charge in [0, 0.05) is 22.4 Å². The summed E-state index contributed by atoms with van der Waals surface area (Å²) < 4.78 is 2.70. The summed E-state index contributed by atoms with van der Waals surface area (Å²) >= 11 is 3.41. The maximum absolute atomic E-state index is 11.4. The summed E-state index contributed by atoms with van der Waals surface area (Å²) in [6.07, 6.45) is 0. The van der Waals surface area contributed by atoms with Gasteiger partial charge in [0.15, 0.2) is 0 Å². The lowest BCUT2D eigenvalue weighted by atomic mass is 9.99. The number of carbonyl (C=O) groups is 1. The third kappa shape index (κ3) is 1.86. The molecule has 90 valence electrons. The molecular weight excluding hydrogens is 282 g/mol. The molecular formula is C13H14BrNO2. The second-order valence-electron chi connectivity index (χ2n) is 4.44. The van der Waals surface area contributed by atoms with Crippen LogP contribution in [-0.2, 0) is 7.05 Å². The number of hydrogen-bond donors (Lipinski definition) is 1. The average Bonchev–Trinajstić information content (AvgIpc) is 2.52. The molecule has 0 atom stereocenters. The summed E-state index contributed by atoms with van der Waals surface area (Å²) in [6, 6.07) is 5.87. The van der Waals surface area contributed by atoms with Gasteiger partial charge in [-0.1, -0.05) is 35.8 Å². The molecule has 0 fully saturated rings. The summed E-state index contributed by atoms with van der Waals surface area (Å²) in [5.74, 6) is -0.686. The van der Waals surface area contributed by atoms with Crippen LogP contribution in [0.4, 0.5) is 0 Å². The average molecular weight is 296 g/mol. The van der Waals surface area contributed by atoms with Crippen LogP contribution in [0, 0.1) is 0 Å². The molecule has 0 bridgehead atoms. The second-order valence-corrected chi connectivity index (χ2v) is 5.36. The van der Waals surface area contributed by atoms with E-state index in [-0.39, 0.29) is 5.92 Å². The van der Waals surface area contributed by atoms with Crippen molar-refractivity contribution in [3.63, 3.8) is 0 Å². The Morgan fingerprint density at radius 2 is 2.06 bits per heavy atom. The molecule has 0 aliphatic heterocycles. The molecule has 2 rings (SSSR count). The van der Waals surface area contributed by atoms with Gasteiger partial charge in [-0.3, -0.25) is 0 Å². The summed E-state index contributed by atoms with van der Waals surface area (Å²) in [5.41, 5.74) is 2.23. The van der Waals surface area contributed by atoms with Gasteiger partial charge in [-0.25, -0.2) is 4.79 Å². The number of hydrogen-bond acceptors (Lipinski definition) is 1. The molecule has 1 heterocycles. The summed E-state index contributed by atoms with van der Waals surface area (Å²) in [6.45, 7) is 4.03. The Kier molecular flexibility index (Phi) is 3.00. The molecule has 17 heavy (non-hydrogen) atoms. The lowest BCUT2D eigenvalue weighted by Gasteiger charge is -2.06. The van der Waals surface area contributed by atoms with E-state index in [4.69, 9.17) is 0 Å². The highest BCUT2D eigenvalue weighted by Gasteiger charge is 2.22. The molecule has 1 aromatic heterocycles. The Hall–Kier alpha value is -1.29. The van der Waals surface area contributed by atoms with Crippen LogP contribution in [0.15, 0.2) is 22.7 Å². The first kappa shape index (κ1) is 12.2. The smallest absolute Gasteiger partial charge is 0.352 e. The van der Waals surface area contributed by atoms with Gasteiger partial charge in [0.1, 0.15) is 5.69 Å². The summed E-state index contributed by atoms with van der Waals surface area (Å²) in [7, 11) is 1.80. The van der Waals surface area contributed by atoms with Gasteiger partial charge in [-0.05, 0) is 23.6 Å². The van der Waals surface area contributed by atoms with Crippen molar-refractivity contribution in [2.24, 2.45) is 7.05 Å². The molecule has 3 nitrogen and oxygen atoms in total. The predicted molar refractivity (Wildman–Crippen MR) is 71.7 cm³/mol. The quantitative estimate of drug-likeness (QED) is 0.916. The number of carboxylic acids is 1. The maximum Gasteiger partial charge on any atom is 0.352 e. The second kappa shape index (κ2) is 4.18. The van der Waals surface area contributed by atoms with Gasteiger partial charge in [0.25, 0.3) is 0 Å². The monoisotopic (exact) mass is 295 g/mol. The van der Waals surface area contributed by atoms with E-state index in [0.29, 0.717) is 5.69 Å². The Balaban J connectivity index is 2.92. The zero-order valence-electron chi connectivity index (χ0n) is 9.99. The lowest BCUT2D eigenvalue weighted by molar-refractivity contribution is 0.0685. The van der Waals surface area contributed by atoms with Gasteiger partial charge in [-0.2, -0.15) is 0 Å². The van der Waals surface area contributed by atoms with E-state index in [9.17, 15) is 9.90 Å². The van der Waals surface area contributed by atoms with Gasteiger partial charge in [0.2, 0.25) is 0 Å². The molecule has 0 saturated heterocycles. The minimum Gasteiger partial charge on any atom is -0.477 e. The normalized spacial score (nSPS) is 11.4. The van der Waals surface area contributed by atoms with Gasteiger partial charge in [0.05, 0.1) is 0 Å². The number of benzene rings is 1. The third-order valence-corrected chi connectivity index (χ3v) is 3.48. The highest BCUT2D eigenvalue weighted by Crippen LogP contribution is 2.32. The number of rotatable bonds is 2. The highest BCUT2D eigenvalue weighted by atomic mass is 79.9. The van der Waals surface area contributed by atoms with E-state index >= 15 is 0 Å². The van der Waals surface area contributed by atoms with Crippen molar-refractivity contribution in [3.8, 4) is 0 Å². The number of halogens is 1. The van der Waals surface area contributed by atoms with Crippen LogP contribution in [0.2, 0.25) is 0 Å². The van der Waals surface area contributed by atoms with E-state index in [0.717, 1.165) is 20.9 Å². The Labute approximate surface area is 108 Å². The Morgan fingerprint density at radius 1 is 1.41 bits per heavy atom. The van der Waals surface area contributed by atoms with Crippen LogP contribution in [0.1, 0.15) is 35.8 Å². The fourth-order valence-corrected chi connectivity index (χ4v) is 2.63. The van der Waals surface area contributed by atoms with E-state index < -0.39 is 5.97 Å².